The number of allylic oxidation sites excluding steroid dienone is 2. The standard InChI is InChI=1S/C16H22O/c1-6-14(11-16(4,5)13(3)17)15-10-8-7-9-12(15)2/h6-10H,11H2,1-5H3/b14-6-. The van der Waals surface area contributed by atoms with Gasteiger partial charge in [-0.05, 0) is 43.9 Å². The molecule has 1 aromatic rings. The Balaban J connectivity index is 3.04. The molecule has 1 aromatic carbocycles. The second-order valence-corrected chi connectivity index (χ2v) is 5.25. The molecule has 1 nitrogen and oxygen atoms in total. The zero-order valence-electron chi connectivity index (χ0n) is 11.5. The number of carbonyl (C=O) groups excluding carboxylic acids is 1. The summed E-state index contributed by atoms with van der Waals surface area (Å²) in [7, 11) is 0. The lowest BCUT2D eigenvalue weighted by Crippen LogP contribution is -2.21. The maximum atomic E-state index is 11.6. The normalized spacial score (nSPS) is 12.6. The molecular weight excluding hydrogens is 208 g/mol. The van der Waals surface area contributed by atoms with Crippen molar-refractivity contribution in [3.63, 3.8) is 0 Å². The second kappa shape index (κ2) is 5.31. The van der Waals surface area contributed by atoms with Crippen LogP contribution in [0.15, 0.2) is 30.3 Å². The molecule has 0 aromatic heterocycles. The number of aryl methyl sites for hydroxylation is 1. The van der Waals surface area contributed by atoms with Crippen LogP contribution >= 0.6 is 0 Å². The van der Waals surface area contributed by atoms with Crippen molar-refractivity contribution in [1.82, 2.24) is 0 Å². The van der Waals surface area contributed by atoms with Gasteiger partial charge < -0.3 is 0 Å². The van der Waals surface area contributed by atoms with E-state index in [4.69, 9.17) is 0 Å². The highest BCUT2D eigenvalue weighted by Crippen LogP contribution is 2.32. The van der Waals surface area contributed by atoms with E-state index in [1.54, 1.807) is 6.92 Å². The lowest BCUT2D eigenvalue weighted by atomic mass is 9.79. The van der Waals surface area contributed by atoms with E-state index in [1.165, 1.54) is 16.7 Å². The number of ketones is 1. The minimum absolute atomic E-state index is 0.241. The fraction of sp³-hybridized carbons (Fsp3) is 0.438. The van der Waals surface area contributed by atoms with Crippen LogP contribution in [-0.2, 0) is 4.79 Å². The summed E-state index contributed by atoms with van der Waals surface area (Å²) in [4.78, 5) is 11.6. The molecule has 0 aliphatic carbocycles. The zero-order chi connectivity index (χ0) is 13.1. The average Bonchev–Trinajstić information content (AvgIpc) is 2.26. The molecule has 0 N–H and O–H groups in total. The van der Waals surface area contributed by atoms with Crippen LogP contribution in [0.25, 0.3) is 5.57 Å². The van der Waals surface area contributed by atoms with Gasteiger partial charge in [-0.3, -0.25) is 4.79 Å². The fourth-order valence-electron chi connectivity index (χ4n) is 1.89. The Morgan fingerprint density at radius 2 is 1.88 bits per heavy atom. The van der Waals surface area contributed by atoms with E-state index in [0.29, 0.717) is 0 Å². The maximum absolute atomic E-state index is 11.6. The number of benzene rings is 1. The molecule has 1 rings (SSSR count). The maximum Gasteiger partial charge on any atom is 0.135 e. The van der Waals surface area contributed by atoms with Gasteiger partial charge in [0.2, 0.25) is 0 Å². The Morgan fingerprint density at radius 1 is 1.29 bits per heavy atom. The van der Waals surface area contributed by atoms with Crippen LogP contribution < -0.4 is 0 Å². The average molecular weight is 230 g/mol. The molecule has 0 fully saturated rings. The van der Waals surface area contributed by atoms with Gasteiger partial charge in [0.25, 0.3) is 0 Å². The molecule has 0 heterocycles. The van der Waals surface area contributed by atoms with Crippen LogP contribution in [0.4, 0.5) is 0 Å². The Labute approximate surface area is 105 Å². The van der Waals surface area contributed by atoms with Gasteiger partial charge in [0, 0.05) is 5.41 Å². The molecular formula is C16H22O. The molecule has 0 bridgehead atoms. The first-order valence-corrected chi connectivity index (χ1v) is 6.10. The molecule has 17 heavy (non-hydrogen) atoms. The van der Waals surface area contributed by atoms with Crippen molar-refractivity contribution >= 4 is 11.4 Å². The first kappa shape index (κ1) is 13.7. The molecule has 0 atom stereocenters. The van der Waals surface area contributed by atoms with Gasteiger partial charge in [0.05, 0.1) is 0 Å². The minimum Gasteiger partial charge on any atom is -0.299 e. The summed E-state index contributed by atoms with van der Waals surface area (Å²) >= 11 is 0. The van der Waals surface area contributed by atoms with E-state index in [-0.39, 0.29) is 11.2 Å². The van der Waals surface area contributed by atoms with Crippen molar-refractivity contribution in [2.24, 2.45) is 5.41 Å². The number of rotatable bonds is 4. The summed E-state index contributed by atoms with van der Waals surface area (Å²) < 4.78 is 0. The van der Waals surface area contributed by atoms with Gasteiger partial charge in [-0.2, -0.15) is 0 Å². The van der Waals surface area contributed by atoms with Crippen molar-refractivity contribution in [1.29, 1.82) is 0 Å². The summed E-state index contributed by atoms with van der Waals surface area (Å²) in [6.07, 6.45) is 2.91. The highest BCUT2D eigenvalue weighted by Gasteiger charge is 2.25. The second-order valence-electron chi connectivity index (χ2n) is 5.25. The lowest BCUT2D eigenvalue weighted by Gasteiger charge is -2.23. The Kier molecular flexibility index (Phi) is 4.28. The lowest BCUT2D eigenvalue weighted by molar-refractivity contribution is -0.124. The smallest absolute Gasteiger partial charge is 0.135 e. The number of carbonyl (C=O) groups is 1. The number of hydrogen-bond donors (Lipinski definition) is 0. The zero-order valence-corrected chi connectivity index (χ0v) is 11.5. The first-order chi connectivity index (χ1) is 7.88. The first-order valence-electron chi connectivity index (χ1n) is 6.10. The summed E-state index contributed by atoms with van der Waals surface area (Å²) in [5.41, 5.74) is 3.48. The quantitative estimate of drug-likeness (QED) is 0.749. The Bertz CT molecular complexity index is 439. The monoisotopic (exact) mass is 230 g/mol. The minimum atomic E-state index is -0.288. The summed E-state index contributed by atoms with van der Waals surface area (Å²) in [6, 6.07) is 8.33. The van der Waals surface area contributed by atoms with Crippen LogP contribution in [-0.4, -0.2) is 5.78 Å². The predicted octanol–water partition coefficient (Wildman–Crippen LogP) is 4.40. The van der Waals surface area contributed by atoms with E-state index in [2.05, 4.69) is 25.1 Å². The number of hydrogen-bond acceptors (Lipinski definition) is 1. The summed E-state index contributed by atoms with van der Waals surface area (Å²) in [6.45, 7) is 9.84. The molecule has 0 saturated carbocycles. The van der Waals surface area contributed by atoms with E-state index in [9.17, 15) is 4.79 Å². The predicted molar refractivity (Wildman–Crippen MR) is 73.9 cm³/mol. The number of Topliss-reactive ketones (excluding diaryl/α,β-unsaturated/α-hetero) is 1. The van der Waals surface area contributed by atoms with Crippen LogP contribution in [0.5, 0.6) is 0 Å². The van der Waals surface area contributed by atoms with Crippen LogP contribution in [0.2, 0.25) is 0 Å². The summed E-state index contributed by atoms with van der Waals surface area (Å²) in [5, 5.41) is 0. The fourth-order valence-corrected chi connectivity index (χ4v) is 1.89. The molecule has 0 aliphatic rings. The Morgan fingerprint density at radius 3 is 2.35 bits per heavy atom. The molecule has 0 saturated heterocycles. The molecule has 0 aliphatic heterocycles. The highest BCUT2D eigenvalue weighted by atomic mass is 16.1. The topological polar surface area (TPSA) is 17.1 Å². The SMILES string of the molecule is C/C=C(/CC(C)(C)C(C)=O)c1ccccc1C. The molecule has 0 amide bonds. The summed E-state index contributed by atoms with van der Waals surface area (Å²) in [5.74, 6) is 0.241. The highest BCUT2D eigenvalue weighted by molar-refractivity contribution is 5.84. The van der Waals surface area contributed by atoms with Crippen molar-refractivity contribution in [2.75, 3.05) is 0 Å². The van der Waals surface area contributed by atoms with E-state index in [1.807, 2.05) is 32.9 Å². The molecule has 0 radical (unpaired) electrons. The van der Waals surface area contributed by atoms with Crippen molar-refractivity contribution in [2.45, 2.75) is 41.0 Å². The van der Waals surface area contributed by atoms with Gasteiger partial charge in [-0.25, -0.2) is 0 Å². The van der Waals surface area contributed by atoms with Gasteiger partial charge in [0.1, 0.15) is 5.78 Å². The van der Waals surface area contributed by atoms with Crippen molar-refractivity contribution < 1.29 is 4.79 Å². The van der Waals surface area contributed by atoms with Gasteiger partial charge in [-0.1, -0.05) is 44.2 Å². The van der Waals surface area contributed by atoms with Crippen molar-refractivity contribution in [3.8, 4) is 0 Å². The van der Waals surface area contributed by atoms with Crippen LogP contribution in [0.3, 0.4) is 0 Å². The molecule has 0 spiro atoms. The third-order valence-corrected chi connectivity index (χ3v) is 3.42. The van der Waals surface area contributed by atoms with Crippen LogP contribution in [0, 0.1) is 12.3 Å². The third kappa shape index (κ3) is 3.29. The van der Waals surface area contributed by atoms with Gasteiger partial charge in [-0.15, -0.1) is 0 Å². The van der Waals surface area contributed by atoms with E-state index in [0.717, 1.165) is 6.42 Å². The third-order valence-electron chi connectivity index (χ3n) is 3.42. The van der Waals surface area contributed by atoms with E-state index < -0.39 is 0 Å². The van der Waals surface area contributed by atoms with Crippen LogP contribution in [0.1, 0.15) is 45.2 Å². The van der Waals surface area contributed by atoms with Crippen molar-refractivity contribution in [3.05, 3.63) is 41.5 Å². The molecule has 1 heteroatoms. The van der Waals surface area contributed by atoms with Gasteiger partial charge >= 0.3 is 0 Å². The molecule has 0 unspecified atom stereocenters. The van der Waals surface area contributed by atoms with E-state index >= 15 is 0 Å². The van der Waals surface area contributed by atoms with Gasteiger partial charge in [0.15, 0.2) is 0 Å². The molecule has 92 valence electrons. The largest absolute Gasteiger partial charge is 0.299 e. The Hall–Kier alpha value is -1.37.